The molecule has 23 heavy (non-hydrogen) atoms. The molecule has 2 aromatic heterocycles. The van der Waals surface area contributed by atoms with Crippen LogP contribution in [0.2, 0.25) is 0 Å². The van der Waals surface area contributed by atoms with Crippen molar-refractivity contribution in [3.63, 3.8) is 0 Å². The minimum atomic E-state index is 0.257. The van der Waals surface area contributed by atoms with Gasteiger partial charge >= 0.3 is 0 Å². The number of nitrogens with one attached hydrogen (secondary N) is 2. The Morgan fingerprint density at radius 3 is 2.26 bits per heavy atom. The van der Waals surface area contributed by atoms with Crippen LogP contribution < -0.4 is 10.6 Å². The minimum absolute atomic E-state index is 0.257. The van der Waals surface area contributed by atoms with Crippen LogP contribution in [0.25, 0.3) is 16.7 Å². The Morgan fingerprint density at radius 2 is 1.61 bits per heavy atom. The third-order valence-corrected chi connectivity index (χ3v) is 3.27. The van der Waals surface area contributed by atoms with Gasteiger partial charge in [-0.2, -0.15) is 15.1 Å². The quantitative estimate of drug-likeness (QED) is 0.755. The van der Waals surface area contributed by atoms with Crippen LogP contribution in [-0.4, -0.2) is 31.8 Å². The van der Waals surface area contributed by atoms with E-state index in [4.69, 9.17) is 0 Å². The van der Waals surface area contributed by atoms with Crippen LogP contribution in [0.3, 0.4) is 0 Å². The number of nitrogens with zero attached hydrogens (tertiary/aromatic N) is 4. The van der Waals surface area contributed by atoms with Crippen molar-refractivity contribution < 1.29 is 0 Å². The highest BCUT2D eigenvalue weighted by Gasteiger charge is 2.15. The first-order chi connectivity index (χ1) is 11.0. The Kier molecular flexibility index (Phi) is 4.14. The molecule has 3 aromatic rings. The third-order valence-electron chi connectivity index (χ3n) is 3.27. The molecule has 2 heterocycles. The first-order valence-corrected chi connectivity index (χ1v) is 7.89. The van der Waals surface area contributed by atoms with Gasteiger partial charge in [0.2, 0.25) is 5.95 Å². The van der Waals surface area contributed by atoms with Crippen LogP contribution in [0.5, 0.6) is 0 Å². The molecule has 0 aliphatic rings. The topological polar surface area (TPSA) is 67.7 Å². The molecular weight excluding hydrogens is 288 g/mol. The average Bonchev–Trinajstić information content (AvgIpc) is 2.91. The summed E-state index contributed by atoms with van der Waals surface area (Å²) in [5.74, 6) is 1.41. The van der Waals surface area contributed by atoms with E-state index < -0.39 is 0 Å². The lowest BCUT2D eigenvalue weighted by Crippen LogP contribution is -2.16. The van der Waals surface area contributed by atoms with Crippen LogP contribution in [0.15, 0.2) is 36.5 Å². The Bertz CT molecular complexity index is 791. The van der Waals surface area contributed by atoms with Crippen molar-refractivity contribution in [2.75, 3.05) is 10.6 Å². The number of aromatic nitrogens is 4. The SMILES string of the molecule is CC(C)Nc1nc(NC(C)C)c2cnn(-c3ccccc3)c2n1. The monoisotopic (exact) mass is 310 g/mol. The van der Waals surface area contributed by atoms with Crippen molar-refractivity contribution in [2.45, 2.75) is 39.8 Å². The fourth-order valence-corrected chi connectivity index (χ4v) is 2.37. The molecule has 3 rings (SSSR count). The predicted molar refractivity (Wildman–Crippen MR) is 94.2 cm³/mol. The fraction of sp³-hybridized carbons (Fsp3) is 0.353. The average molecular weight is 310 g/mol. The number of fused-ring (bicyclic) bond motifs is 1. The molecule has 120 valence electrons. The van der Waals surface area contributed by atoms with E-state index in [2.05, 4.69) is 53.4 Å². The van der Waals surface area contributed by atoms with Gasteiger partial charge in [0.1, 0.15) is 5.82 Å². The molecule has 0 saturated carbocycles. The standard InChI is InChI=1S/C17H22N6/c1-11(2)19-15-14-10-18-23(13-8-6-5-7-9-13)16(14)22-17(21-15)20-12(3)4/h5-12H,1-4H3,(H2,19,20,21,22). The minimum Gasteiger partial charge on any atom is -0.367 e. The molecule has 0 radical (unpaired) electrons. The summed E-state index contributed by atoms with van der Waals surface area (Å²) in [6.07, 6.45) is 1.81. The lowest BCUT2D eigenvalue weighted by Gasteiger charge is -2.14. The first-order valence-electron chi connectivity index (χ1n) is 7.89. The van der Waals surface area contributed by atoms with Gasteiger partial charge in [0.15, 0.2) is 5.65 Å². The summed E-state index contributed by atoms with van der Waals surface area (Å²) in [6.45, 7) is 8.31. The summed E-state index contributed by atoms with van der Waals surface area (Å²) in [4.78, 5) is 9.26. The van der Waals surface area contributed by atoms with Crippen molar-refractivity contribution in [3.05, 3.63) is 36.5 Å². The van der Waals surface area contributed by atoms with Crippen molar-refractivity contribution in [2.24, 2.45) is 0 Å². The molecule has 6 nitrogen and oxygen atoms in total. The number of rotatable bonds is 5. The molecule has 0 unspecified atom stereocenters. The second-order valence-electron chi connectivity index (χ2n) is 6.12. The van der Waals surface area contributed by atoms with E-state index in [9.17, 15) is 0 Å². The summed E-state index contributed by atoms with van der Waals surface area (Å²) in [5.41, 5.74) is 1.77. The van der Waals surface area contributed by atoms with Crippen LogP contribution in [0, 0.1) is 0 Å². The number of anilines is 2. The Hall–Kier alpha value is -2.63. The summed E-state index contributed by atoms with van der Waals surface area (Å²) < 4.78 is 1.84. The molecule has 1 aromatic carbocycles. The summed E-state index contributed by atoms with van der Waals surface area (Å²) in [6, 6.07) is 10.5. The number of hydrogen-bond acceptors (Lipinski definition) is 5. The van der Waals surface area contributed by atoms with Gasteiger partial charge in [0, 0.05) is 12.1 Å². The predicted octanol–water partition coefficient (Wildman–Crippen LogP) is 3.46. The van der Waals surface area contributed by atoms with E-state index in [0.29, 0.717) is 5.95 Å². The molecule has 0 saturated heterocycles. The highest BCUT2D eigenvalue weighted by Crippen LogP contribution is 2.24. The lowest BCUT2D eigenvalue weighted by molar-refractivity contribution is 0.858. The van der Waals surface area contributed by atoms with Crippen molar-refractivity contribution in [1.82, 2.24) is 19.7 Å². The van der Waals surface area contributed by atoms with Crippen LogP contribution >= 0.6 is 0 Å². The second kappa shape index (κ2) is 6.24. The van der Waals surface area contributed by atoms with E-state index >= 15 is 0 Å². The molecule has 0 bridgehead atoms. The highest BCUT2D eigenvalue weighted by molar-refractivity contribution is 5.88. The zero-order valence-corrected chi connectivity index (χ0v) is 13.9. The Labute approximate surface area is 136 Å². The fourth-order valence-electron chi connectivity index (χ4n) is 2.37. The van der Waals surface area contributed by atoms with Gasteiger partial charge in [0.25, 0.3) is 0 Å². The maximum atomic E-state index is 4.66. The van der Waals surface area contributed by atoms with Gasteiger partial charge in [-0.05, 0) is 39.8 Å². The molecule has 0 amide bonds. The molecule has 6 heteroatoms. The molecule has 0 aliphatic carbocycles. The van der Waals surface area contributed by atoms with Gasteiger partial charge in [-0.3, -0.25) is 0 Å². The van der Waals surface area contributed by atoms with Gasteiger partial charge < -0.3 is 10.6 Å². The number of benzene rings is 1. The van der Waals surface area contributed by atoms with E-state index in [1.165, 1.54) is 0 Å². The van der Waals surface area contributed by atoms with Crippen molar-refractivity contribution in [1.29, 1.82) is 0 Å². The summed E-state index contributed by atoms with van der Waals surface area (Å²) in [5, 5.41) is 12.1. The molecule has 0 fully saturated rings. The van der Waals surface area contributed by atoms with Gasteiger partial charge in [-0.25, -0.2) is 4.68 Å². The van der Waals surface area contributed by atoms with Crippen molar-refractivity contribution >= 4 is 22.8 Å². The molecule has 0 aliphatic heterocycles. The van der Waals surface area contributed by atoms with Gasteiger partial charge in [0.05, 0.1) is 17.3 Å². The van der Waals surface area contributed by atoms with E-state index in [1.807, 2.05) is 41.2 Å². The highest BCUT2D eigenvalue weighted by atomic mass is 15.3. The molecule has 0 spiro atoms. The van der Waals surface area contributed by atoms with E-state index in [0.717, 1.165) is 22.5 Å². The van der Waals surface area contributed by atoms with Crippen LogP contribution in [0.1, 0.15) is 27.7 Å². The molecule has 0 atom stereocenters. The molecular formula is C17H22N6. The van der Waals surface area contributed by atoms with E-state index in [1.54, 1.807) is 0 Å². The zero-order chi connectivity index (χ0) is 16.4. The Balaban J connectivity index is 2.17. The summed E-state index contributed by atoms with van der Waals surface area (Å²) >= 11 is 0. The van der Waals surface area contributed by atoms with Crippen molar-refractivity contribution in [3.8, 4) is 5.69 Å². The summed E-state index contributed by atoms with van der Waals surface area (Å²) in [7, 11) is 0. The third kappa shape index (κ3) is 3.26. The molecule has 2 N–H and O–H groups in total. The van der Waals surface area contributed by atoms with Crippen LogP contribution in [-0.2, 0) is 0 Å². The largest absolute Gasteiger partial charge is 0.367 e. The van der Waals surface area contributed by atoms with Gasteiger partial charge in [-0.1, -0.05) is 18.2 Å². The number of hydrogen-bond donors (Lipinski definition) is 2. The maximum absolute atomic E-state index is 4.66. The maximum Gasteiger partial charge on any atom is 0.226 e. The zero-order valence-electron chi connectivity index (χ0n) is 13.9. The lowest BCUT2D eigenvalue weighted by atomic mass is 10.3. The Morgan fingerprint density at radius 1 is 0.913 bits per heavy atom. The smallest absolute Gasteiger partial charge is 0.226 e. The van der Waals surface area contributed by atoms with Gasteiger partial charge in [-0.15, -0.1) is 0 Å². The normalized spacial score (nSPS) is 11.4. The van der Waals surface area contributed by atoms with E-state index in [-0.39, 0.29) is 12.1 Å². The number of para-hydroxylation sites is 1. The second-order valence-corrected chi connectivity index (χ2v) is 6.12. The van der Waals surface area contributed by atoms with Crippen LogP contribution in [0.4, 0.5) is 11.8 Å². The first kappa shape index (κ1) is 15.3.